The lowest BCUT2D eigenvalue weighted by Crippen LogP contribution is -2.13. The van der Waals surface area contributed by atoms with Crippen LogP contribution >= 0.6 is 11.8 Å². The largest absolute Gasteiger partial charge is 0.370 e. The number of nitrogens with zero attached hydrogens (tertiary/aromatic N) is 3. The average Bonchev–Trinajstić information content (AvgIpc) is 2.52. The van der Waals surface area contributed by atoms with Crippen LogP contribution in [0.15, 0.2) is 35.5 Å². The summed E-state index contributed by atoms with van der Waals surface area (Å²) >= 11 is 1.56. The summed E-state index contributed by atoms with van der Waals surface area (Å²) in [6.07, 6.45) is 3.07. The van der Waals surface area contributed by atoms with Gasteiger partial charge in [0.15, 0.2) is 5.16 Å². The van der Waals surface area contributed by atoms with E-state index in [4.69, 9.17) is 0 Å². The zero-order chi connectivity index (χ0) is 15.2. The number of aromatic nitrogens is 2. The van der Waals surface area contributed by atoms with Gasteiger partial charge in [0.05, 0.1) is 0 Å². The van der Waals surface area contributed by atoms with Gasteiger partial charge in [-0.15, -0.1) is 0 Å². The Bertz CT molecular complexity index is 583. The highest BCUT2D eigenvalue weighted by atomic mass is 32.2. The van der Waals surface area contributed by atoms with Crippen LogP contribution in [-0.4, -0.2) is 29.8 Å². The highest BCUT2D eigenvalue weighted by Crippen LogP contribution is 2.25. The SMILES string of the molecule is CCCNc1cc(N(C)c2ccc(C)cc2)nc(SC)n1. The molecule has 0 aliphatic rings. The van der Waals surface area contributed by atoms with Crippen molar-refractivity contribution in [2.75, 3.05) is 30.1 Å². The molecule has 0 unspecified atom stereocenters. The monoisotopic (exact) mass is 302 g/mol. The van der Waals surface area contributed by atoms with Gasteiger partial charge in [-0.3, -0.25) is 0 Å². The van der Waals surface area contributed by atoms with Crippen LogP contribution in [0.2, 0.25) is 0 Å². The lowest BCUT2D eigenvalue weighted by atomic mass is 10.2. The third-order valence-corrected chi connectivity index (χ3v) is 3.74. The first-order valence-corrected chi connectivity index (χ1v) is 8.34. The molecule has 0 fully saturated rings. The Hall–Kier alpha value is -1.75. The van der Waals surface area contributed by atoms with E-state index in [1.165, 1.54) is 5.56 Å². The van der Waals surface area contributed by atoms with Crippen LogP contribution < -0.4 is 10.2 Å². The Morgan fingerprint density at radius 3 is 2.52 bits per heavy atom. The molecule has 112 valence electrons. The minimum Gasteiger partial charge on any atom is -0.370 e. The number of benzene rings is 1. The van der Waals surface area contributed by atoms with Gasteiger partial charge in [0.2, 0.25) is 0 Å². The van der Waals surface area contributed by atoms with Gasteiger partial charge >= 0.3 is 0 Å². The molecule has 0 radical (unpaired) electrons. The van der Waals surface area contributed by atoms with Crippen LogP contribution in [0, 0.1) is 6.92 Å². The fourth-order valence-corrected chi connectivity index (χ4v) is 2.29. The van der Waals surface area contributed by atoms with Gasteiger partial charge in [0.25, 0.3) is 0 Å². The molecule has 1 N–H and O–H groups in total. The summed E-state index contributed by atoms with van der Waals surface area (Å²) < 4.78 is 0. The third kappa shape index (κ3) is 4.11. The van der Waals surface area contributed by atoms with Crippen LogP contribution in [-0.2, 0) is 0 Å². The van der Waals surface area contributed by atoms with Crippen molar-refractivity contribution in [3.05, 3.63) is 35.9 Å². The van der Waals surface area contributed by atoms with Crippen molar-refractivity contribution in [3.8, 4) is 0 Å². The first-order chi connectivity index (χ1) is 10.1. The second kappa shape index (κ2) is 7.31. The van der Waals surface area contributed by atoms with Gasteiger partial charge < -0.3 is 10.2 Å². The van der Waals surface area contributed by atoms with Gasteiger partial charge in [-0.1, -0.05) is 36.4 Å². The second-order valence-electron chi connectivity index (χ2n) is 4.92. The Kier molecular flexibility index (Phi) is 5.44. The molecular weight excluding hydrogens is 280 g/mol. The molecule has 1 heterocycles. The molecule has 4 nitrogen and oxygen atoms in total. The minimum absolute atomic E-state index is 0.782. The zero-order valence-electron chi connectivity index (χ0n) is 13.1. The topological polar surface area (TPSA) is 41.0 Å². The number of hydrogen-bond donors (Lipinski definition) is 1. The van der Waals surface area contributed by atoms with Crippen molar-refractivity contribution >= 4 is 29.1 Å². The molecule has 0 amide bonds. The fraction of sp³-hybridized carbons (Fsp3) is 0.375. The van der Waals surface area contributed by atoms with E-state index in [2.05, 4.69) is 58.3 Å². The van der Waals surface area contributed by atoms with Crippen molar-refractivity contribution in [2.24, 2.45) is 0 Å². The Morgan fingerprint density at radius 1 is 1.19 bits per heavy atom. The standard InChI is InChI=1S/C16H22N4S/c1-5-10-17-14-11-15(19-16(18-14)21-4)20(3)13-8-6-12(2)7-9-13/h6-9,11H,5,10H2,1-4H3,(H,17,18,19). The summed E-state index contributed by atoms with van der Waals surface area (Å²) in [4.78, 5) is 11.2. The summed E-state index contributed by atoms with van der Waals surface area (Å²) in [6.45, 7) is 5.15. The molecule has 0 spiro atoms. The first-order valence-electron chi connectivity index (χ1n) is 7.11. The van der Waals surface area contributed by atoms with Crippen molar-refractivity contribution in [2.45, 2.75) is 25.4 Å². The normalized spacial score (nSPS) is 10.5. The van der Waals surface area contributed by atoms with E-state index >= 15 is 0 Å². The van der Waals surface area contributed by atoms with E-state index in [1.807, 2.05) is 19.4 Å². The van der Waals surface area contributed by atoms with Crippen LogP contribution in [0.3, 0.4) is 0 Å². The van der Waals surface area contributed by atoms with Crippen LogP contribution in [0.25, 0.3) is 0 Å². The molecule has 0 bridgehead atoms. The third-order valence-electron chi connectivity index (χ3n) is 3.20. The van der Waals surface area contributed by atoms with E-state index in [0.29, 0.717) is 0 Å². The maximum Gasteiger partial charge on any atom is 0.191 e. The van der Waals surface area contributed by atoms with E-state index in [-0.39, 0.29) is 0 Å². The van der Waals surface area contributed by atoms with E-state index < -0.39 is 0 Å². The molecule has 0 saturated heterocycles. The van der Waals surface area contributed by atoms with Gasteiger partial charge in [-0.25, -0.2) is 9.97 Å². The molecule has 5 heteroatoms. The fourth-order valence-electron chi connectivity index (χ4n) is 1.92. The number of thioether (sulfide) groups is 1. The van der Waals surface area contributed by atoms with Gasteiger partial charge in [0.1, 0.15) is 11.6 Å². The Balaban J connectivity index is 2.30. The number of nitrogens with one attached hydrogen (secondary N) is 1. The van der Waals surface area contributed by atoms with Crippen molar-refractivity contribution in [1.29, 1.82) is 0 Å². The van der Waals surface area contributed by atoms with Crippen molar-refractivity contribution in [1.82, 2.24) is 9.97 Å². The highest BCUT2D eigenvalue weighted by Gasteiger charge is 2.09. The van der Waals surface area contributed by atoms with Crippen LogP contribution in [0.1, 0.15) is 18.9 Å². The predicted molar refractivity (Wildman–Crippen MR) is 91.8 cm³/mol. The van der Waals surface area contributed by atoms with Crippen molar-refractivity contribution in [3.63, 3.8) is 0 Å². The molecule has 1 aromatic carbocycles. The molecule has 0 aliphatic heterocycles. The second-order valence-corrected chi connectivity index (χ2v) is 5.69. The molecular formula is C16H22N4S. The molecule has 2 aromatic rings. The highest BCUT2D eigenvalue weighted by molar-refractivity contribution is 7.98. The summed E-state index contributed by atoms with van der Waals surface area (Å²) in [5.74, 6) is 1.78. The van der Waals surface area contributed by atoms with Crippen LogP contribution in [0.5, 0.6) is 0 Å². The zero-order valence-corrected chi connectivity index (χ0v) is 13.9. The number of hydrogen-bond acceptors (Lipinski definition) is 5. The summed E-state index contributed by atoms with van der Waals surface area (Å²) in [6, 6.07) is 10.4. The lowest BCUT2D eigenvalue weighted by Gasteiger charge is -2.20. The van der Waals surface area contributed by atoms with Gasteiger partial charge in [-0.05, 0) is 31.7 Å². The summed E-state index contributed by atoms with van der Waals surface area (Å²) in [7, 11) is 2.03. The predicted octanol–water partition coefficient (Wildman–Crippen LogP) is 4.10. The molecule has 2 rings (SSSR count). The van der Waals surface area contributed by atoms with E-state index in [9.17, 15) is 0 Å². The Morgan fingerprint density at radius 2 is 1.90 bits per heavy atom. The number of rotatable bonds is 6. The Labute approximate surface area is 131 Å². The average molecular weight is 302 g/mol. The van der Waals surface area contributed by atoms with Crippen molar-refractivity contribution < 1.29 is 0 Å². The summed E-state index contributed by atoms with van der Waals surface area (Å²) in [5.41, 5.74) is 2.37. The first kappa shape index (κ1) is 15.6. The van der Waals surface area contributed by atoms with E-state index in [0.717, 1.165) is 35.4 Å². The maximum absolute atomic E-state index is 4.60. The smallest absolute Gasteiger partial charge is 0.191 e. The van der Waals surface area contributed by atoms with Crippen LogP contribution in [0.4, 0.5) is 17.3 Å². The van der Waals surface area contributed by atoms with Gasteiger partial charge in [-0.2, -0.15) is 0 Å². The van der Waals surface area contributed by atoms with Gasteiger partial charge in [0, 0.05) is 25.3 Å². The number of aryl methyl sites for hydroxylation is 1. The molecule has 0 saturated carbocycles. The lowest BCUT2D eigenvalue weighted by molar-refractivity contribution is 0.916. The minimum atomic E-state index is 0.782. The maximum atomic E-state index is 4.60. The molecule has 21 heavy (non-hydrogen) atoms. The quantitative estimate of drug-likeness (QED) is 0.643. The summed E-state index contributed by atoms with van der Waals surface area (Å²) in [5, 5.41) is 4.12. The molecule has 0 atom stereocenters. The molecule has 0 aliphatic carbocycles. The van der Waals surface area contributed by atoms with E-state index in [1.54, 1.807) is 11.8 Å². The number of anilines is 3. The molecule has 1 aromatic heterocycles.